The van der Waals surface area contributed by atoms with Crippen LogP contribution in [0.1, 0.15) is 16.1 Å². The summed E-state index contributed by atoms with van der Waals surface area (Å²) in [5.41, 5.74) is 0.856. The van der Waals surface area contributed by atoms with Crippen LogP contribution in [0, 0.1) is 0 Å². The van der Waals surface area contributed by atoms with E-state index in [4.69, 9.17) is 21.4 Å². The predicted octanol–water partition coefficient (Wildman–Crippen LogP) is 1.95. The van der Waals surface area contributed by atoms with Crippen LogP contribution in [0.15, 0.2) is 24.4 Å². The zero-order valence-electron chi connectivity index (χ0n) is 11.0. The Morgan fingerprint density at radius 2 is 2.24 bits per heavy atom. The van der Waals surface area contributed by atoms with Crippen LogP contribution >= 0.6 is 11.6 Å². The van der Waals surface area contributed by atoms with Crippen LogP contribution in [0.5, 0.6) is 5.75 Å². The van der Waals surface area contributed by atoms with Gasteiger partial charge in [0.15, 0.2) is 0 Å². The van der Waals surface area contributed by atoms with Gasteiger partial charge in [0.25, 0.3) is 0 Å². The van der Waals surface area contributed by atoms with Gasteiger partial charge in [0.1, 0.15) is 11.3 Å². The zero-order valence-corrected chi connectivity index (χ0v) is 11.8. The van der Waals surface area contributed by atoms with Crippen molar-refractivity contribution in [2.75, 3.05) is 12.4 Å². The molecule has 0 atom stereocenters. The van der Waals surface area contributed by atoms with E-state index in [1.54, 1.807) is 12.3 Å². The molecule has 3 N–H and O–H groups in total. The standard InChI is InChI=1S/C13H12ClN3O4/c1-21-11-6-10(9(14)5-8(11)13(19)20)16-12(18)4-7-2-3-15-17-7/h2-3,5-6H,4H2,1H3,(H,15,17)(H,16,18)(H,19,20). The summed E-state index contributed by atoms with van der Waals surface area (Å²) in [4.78, 5) is 22.9. The number of benzene rings is 1. The number of halogens is 1. The fourth-order valence-corrected chi connectivity index (χ4v) is 1.95. The van der Waals surface area contributed by atoms with Crippen molar-refractivity contribution in [2.45, 2.75) is 6.42 Å². The number of carbonyl (C=O) groups excluding carboxylic acids is 1. The Labute approximate surface area is 124 Å². The highest BCUT2D eigenvalue weighted by molar-refractivity contribution is 6.34. The van der Waals surface area contributed by atoms with E-state index < -0.39 is 5.97 Å². The highest BCUT2D eigenvalue weighted by atomic mass is 35.5. The first-order valence-electron chi connectivity index (χ1n) is 5.90. The number of nitrogens with one attached hydrogen (secondary N) is 2. The number of aromatic carboxylic acids is 1. The maximum absolute atomic E-state index is 11.9. The summed E-state index contributed by atoms with van der Waals surface area (Å²) in [5, 5.41) is 18.2. The number of amides is 1. The highest BCUT2D eigenvalue weighted by Gasteiger charge is 2.16. The number of rotatable bonds is 5. The van der Waals surface area contributed by atoms with E-state index in [0.29, 0.717) is 5.69 Å². The molecule has 2 aromatic rings. The summed E-state index contributed by atoms with van der Waals surface area (Å²) in [6.07, 6.45) is 1.64. The summed E-state index contributed by atoms with van der Waals surface area (Å²) < 4.78 is 4.98. The first kappa shape index (κ1) is 14.9. The molecule has 0 aliphatic heterocycles. The number of nitrogens with zero attached hydrogens (tertiary/aromatic N) is 1. The molecule has 8 heteroatoms. The van der Waals surface area contributed by atoms with Gasteiger partial charge < -0.3 is 15.2 Å². The topological polar surface area (TPSA) is 104 Å². The molecule has 0 bridgehead atoms. The first-order valence-corrected chi connectivity index (χ1v) is 6.28. The minimum absolute atomic E-state index is 0.0749. The molecule has 0 saturated heterocycles. The van der Waals surface area contributed by atoms with Gasteiger partial charge in [-0.2, -0.15) is 5.10 Å². The minimum atomic E-state index is -1.16. The van der Waals surface area contributed by atoms with E-state index in [1.165, 1.54) is 19.2 Å². The van der Waals surface area contributed by atoms with Gasteiger partial charge in [-0.25, -0.2) is 4.79 Å². The Morgan fingerprint density at radius 1 is 1.48 bits per heavy atom. The third kappa shape index (κ3) is 3.51. The Balaban J connectivity index is 2.20. The van der Waals surface area contributed by atoms with Crippen molar-refractivity contribution in [1.29, 1.82) is 0 Å². The normalized spacial score (nSPS) is 10.2. The van der Waals surface area contributed by atoms with Gasteiger partial charge in [-0.05, 0) is 12.1 Å². The van der Waals surface area contributed by atoms with E-state index in [-0.39, 0.29) is 34.4 Å². The molecule has 2 rings (SSSR count). The third-order valence-corrected chi connectivity index (χ3v) is 3.02. The molecule has 1 heterocycles. The average molecular weight is 310 g/mol. The number of carbonyl (C=O) groups is 2. The molecule has 0 fully saturated rings. The number of H-pyrrole nitrogens is 1. The second kappa shape index (κ2) is 6.27. The van der Waals surface area contributed by atoms with Crippen molar-refractivity contribution < 1.29 is 19.4 Å². The lowest BCUT2D eigenvalue weighted by Crippen LogP contribution is -2.15. The van der Waals surface area contributed by atoms with Gasteiger partial charge in [0.05, 0.1) is 24.2 Å². The van der Waals surface area contributed by atoms with Crippen molar-refractivity contribution in [1.82, 2.24) is 10.2 Å². The molecule has 21 heavy (non-hydrogen) atoms. The molecule has 0 spiro atoms. The molecule has 7 nitrogen and oxygen atoms in total. The number of hydrogen-bond donors (Lipinski definition) is 3. The van der Waals surface area contributed by atoms with Crippen molar-refractivity contribution in [3.8, 4) is 5.75 Å². The molecule has 1 amide bonds. The molecule has 1 aromatic heterocycles. The highest BCUT2D eigenvalue weighted by Crippen LogP contribution is 2.31. The molecule has 0 aliphatic carbocycles. The van der Waals surface area contributed by atoms with Gasteiger partial charge in [-0.15, -0.1) is 0 Å². The monoisotopic (exact) mass is 309 g/mol. The van der Waals surface area contributed by atoms with Gasteiger partial charge in [0, 0.05) is 18.0 Å². The van der Waals surface area contributed by atoms with Crippen LogP contribution < -0.4 is 10.1 Å². The van der Waals surface area contributed by atoms with Crippen LogP contribution in [0.3, 0.4) is 0 Å². The maximum atomic E-state index is 11.9. The van der Waals surface area contributed by atoms with Crippen LogP contribution in [0.2, 0.25) is 5.02 Å². The van der Waals surface area contributed by atoms with Crippen LogP contribution in [-0.2, 0) is 11.2 Å². The van der Waals surface area contributed by atoms with E-state index in [2.05, 4.69) is 15.5 Å². The third-order valence-electron chi connectivity index (χ3n) is 2.70. The SMILES string of the molecule is COc1cc(NC(=O)Cc2ccn[nH]2)c(Cl)cc1C(=O)O. The number of carboxylic acid groups (broad SMARTS) is 1. The Bertz CT molecular complexity index is 670. The van der Waals surface area contributed by atoms with Gasteiger partial charge in [-0.1, -0.05) is 11.6 Å². The summed E-state index contributed by atoms with van der Waals surface area (Å²) in [6.45, 7) is 0. The number of hydrogen-bond acceptors (Lipinski definition) is 4. The Kier molecular flexibility index (Phi) is 4.44. The van der Waals surface area contributed by atoms with Crippen LogP contribution in [0.4, 0.5) is 5.69 Å². The number of ether oxygens (including phenoxy) is 1. The quantitative estimate of drug-likeness (QED) is 0.783. The second-order valence-corrected chi connectivity index (χ2v) is 4.55. The zero-order chi connectivity index (χ0) is 15.4. The molecule has 1 aromatic carbocycles. The summed E-state index contributed by atoms with van der Waals surface area (Å²) in [7, 11) is 1.34. The molecule has 110 valence electrons. The lowest BCUT2D eigenvalue weighted by Gasteiger charge is -2.11. The number of anilines is 1. The van der Waals surface area contributed by atoms with Crippen molar-refractivity contribution in [2.24, 2.45) is 0 Å². The second-order valence-electron chi connectivity index (χ2n) is 4.14. The van der Waals surface area contributed by atoms with Crippen molar-refractivity contribution in [3.63, 3.8) is 0 Å². The van der Waals surface area contributed by atoms with E-state index in [1.807, 2.05) is 0 Å². The van der Waals surface area contributed by atoms with Crippen molar-refractivity contribution in [3.05, 3.63) is 40.7 Å². The molecule has 0 unspecified atom stereocenters. The fraction of sp³-hybridized carbons (Fsp3) is 0.154. The van der Waals surface area contributed by atoms with Gasteiger partial charge in [0.2, 0.25) is 5.91 Å². The molecular formula is C13H12ClN3O4. The lowest BCUT2D eigenvalue weighted by atomic mass is 10.1. The van der Waals surface area contributed by atoms with Crippen LogP contribution in [-0.4, -0.2) is 34.3 Å². The molecule has 0 radical (unpaired) electrons. The first-order chi connectivity index (χ1) is 10.0. The van der Waals surface area contributed by atoms with E-state index >= 15 is 0 Å². The molecule has 0 aliphatic rings. The predicted molar refractivity (Wildman–Crippen MR) is 75.9 cm³/mol. The summed E-state index contributed by atoms with van der Waals surface area (Å²) in [5.74, 6) is -1.36. The number of aromatic amines is 1. The van der Waals surface area contributed by atoms with E-state index in [9.17, 15) is 9.59 Å². The van der Waals surface area contributed by atoms with Crippen molar-refractivity contribution >= 4 is 29.2 Å². The smallest absolute Gasteiger partial charge is 0.339 e. The fourth-order valence-electron chi connectivity index (χ4n) is 1.74. The minimum Gasteiger partial charge on any atom is -0.496 e. The van der Waals surface area contributed by atoms with Gasteiger partial charge in [-0.3, -0.25) is 9.89 Å². The maximum Gasteiger partial charge on any atom is 0.339 e. The Hall–Kier alpha value is -2.54. The summed E-state index contributed by atoms with van der Waals surface area (Å²) >= 11 is 5.97. The molecular weight excluding hydrogens is 298 g/mol. The Morgan fingerprint density at radius 3 is 2.81 bits per heavy atom. The van der Waals surface area contributed by atoms with Gasteiger partial charge >= 0.3 is 5.97 Å². The summed E-state index contributed by atoms with van der Waals surface area (Å²) in [6, 6.07) is 4.28. The average Bonchev–Trinajstić information content (AvgIpc) is 2.93. The number of carboxylic acids is 1. The number of methoxy groups -OCH3 is 1. The van der Waals surface area contributed by atoms with Crippen LogP contribution in [0.25, 0.3) is 0 Å². The lowest BCUT2D eigenvalue weighted by molar-refractivity contribution is -0.115. The van der Waals surface area contributed by atoms with E-state index in [0.717, 1.165) is 0 Å². The largest absolute Gasteiger partial charge is 0.496 e. The number of aromatic nitrogens is 2. The molecule has 0 saturated carbocycles.